The summed E-state index contributed by atoms with van der Waals surface area (Å²) in [7, 11) is -0.923. The van der Waals surface area contributed by atoms with Crippen LogP contribution in [-0.4, -0.2) is 27.8 Å². The zero-order valence-corrected chi connectivity index (χ0v) is 16.1. The number of rotatable bonds is 4. The molecule has 0 saturated heterocycles. The van der Waals surface area contributed by atoms with Gasteiger partial charge in [-0.1, -0.05) is 20.8 Å². The fourth-order valence-electron chi connectivity index (χ4n) is 1.60. The van der Waals surface area contributed by atoms with E-state index >= 15 is 0 Å². The van der Waals surface area contributed by atoms with Crippen LogP contribution in [0.1, 0.15) is 36.7 Å². The molecule has 0 amide bonds. The first-order valence-electron chi connectivity index (χ1n) is 6.68. The van der Waals surface area contributed by atoms with Crippen molar-refractivity contribution in [2.45, 2.75) is 50.7 Å². The molecule has 1 aromatic rings. The van der Waals surface area contributed by atoms with Crippen LogP contribution in [0.15, 0.2) is 17.0 Å². The predicted molar refractivity (Wildman–Crippen MR) is 89.0 cm³/mol. The second kappa shape index (κ2) is 5.86. The first kappa shape index (κ1) is 19.0. The van der Waals surface area contributed by atoms with Crippen LogP contribution < -0.4 is 4.43 Å². The highest BCUT2D eigenvalue weighted by Gasteiger charge is 2.40. The monoisotopic (exact) mass is 364 g/mol. The Bertz CT molecular complexity index is 705. The normalized spacial score (nSPS) is 13.0. The Kier molecular flexibility index (Phi) is 5.06. The second-order valence-electron chi connectivity index (χ2n) is 6.72. The molecule has 0 bridgehead atoms. The third-order valence-electron chi connectivity index (χ3n) is 3.94. The van der Waals surface area contributed by atoms with Gasteiger partial charge in [0, 0.05) is 10.7 Å². The Morgan fingerprint density at radius 2 is 1.77 bits per heavy atom. The summed E-state index contributed by atoms with van der Waals surface area (Å²) in [5.41, 5.74) is 0.156. The summed E-state index contributed by atoms with van der Waals surface area (Å²) >= 11 is 0. The van der Waals surface area contributed by atoms with Gasteiger partial charge in [0.15, 0.2) is 0 Å². The molecule has 0 atom stereocenters. The minimum Gasteiger partial charge on any atom is -0.543 e. The molecule has 124 valence electrons. The van der Waals surface area contributed by atoms with Gasteiger partial charge in [0.05, 0.1) is 4.90 Å². The Morgan fingerprint density at radius 1 is 1.27 bits per heavy atom. The van der Waals surface area contributed by atoms with E-state index in [1.807, 2.05) is 33.9 Å². The molecule has 0 unspecified atom stereocenters. The van der Waals surface area contributed by atoms with Crippen LogP contribution in [0.25, 0.3) is 0 Å². The maximum Gasteiger partial charge on any atom is 0.339 e. The maximum atomic E-state index is 11.5. The molecule has 0 aliphatic carbocycles. The number of hydrogen-bond donors (Lipinski definition) is 1. The van der Waals surface area contributed by atoms with Crippen molar-refractivity contribution in [3.63, 3.8) is 0 Å². The number of aromatic carboxylic acids is 1. The zero-order valence-electron chi connectivity index (χ0n) is 13.5. The minimum atomic E-state index is -4.01. The molecule has 5 nitrogen and oxygen atoms in total. The molecule has 0 aliphatic heterocycles. The van der Waals surface area contributed by atoms with Crippen molar-refractivity contribution in [1.29, 1.82) is 0 Å². The van der Waals surface area contributed by atoms with Crippen LogP contribution in [0.5, 0.6) is 5.75 Å². The van der Waals surface area contributed by atoms with E-state index in [9.17, 15) is 18.3 Å². The fraction of sp³-hybridized carbons (Fsp3) is 0.500. The van der Waals surface area contributed by atoms with E-state index in [-0.39, 0.29) is 21.2 Å². The van der Waals surface area contributed by atoms with Gasteiger partial charge in [-0.25, -0.2) is 13.2 Å². The van der Waals surface area contributed by atoms with E-state index < -0.39 is 23.3 Å². The van der Waals surface area contributed by atoms with Gasteiger partial charge >= 0.3 is 5.97 Å². The molecule has 0 saturated carbocycles. The number of aryl methyl sites for hydroxylation is 1. The molecule has 0 heterocycles. The van der Waals surface area contributed by atoms with Gasteiger partial charge in [0.25, 0.3) is 17.4 Å². The van der Waals surface area contributed by atoms with E-state index in [0.717, 1.165) is 6.07 Å². The zero-order chi connectivity index (χ0) is 17.5. The topological polar surface area (TPSA) is 80.7 Å². The molecule has 8 heteroatoms. The van der Waals surface area contributed by atoms with E-state index in [0.29, 0.717) is 5.56 Å². The number of carboxylic acids is 1. The van der Waals surface area contributed by atoms with Gasteiger partial charge in [-0.15, -0.1) is 0 Å². The lowest BCUT2D eigenvalue weighted by molar-refractivity contribution is 0.0694. The van der Waals surface area contributed by atoms with Crippen LogP contribution >= 0.6 is 10.7 Å². The summed E-state index contributed by atoms with van der Waals surface area (Å²) in [6.07, 6.45) is 0. The summed E-state index contributed by atoms with van der Waals surface area (Å²) in [5.74, 6) is -1.07. The van der Waals surface area contributed by atoms with Gasteiger partial charge in [0.1, 0.15) is 11.3 Å². The minimum absolute atomic E-state index is 0.117. The first-order valence-corrected chi connectivity index (χ1v) is 11.9. The molecule has 1 rings (SSSR count). The molecular formula is C14H21ClO5SSi. The van der Waals surface area contributed by atoms with Crippen molar-refractivity contribution in [1.82, 2.24) is 0 Å². The van der Waals surface area contributed by atoms with Crippen LogP contribution in [-0.2, 0) is 9.05 Å². The van der Waals surface area contributed by atoms with Crippen molar-refractivity contribution in [3.05, 3.63) is 23.3 Å². The van der Waals surface area contributed by atoms with Crippen LogP contribution in [0.4, 0.5) is 0 Å². The van der Waals surface area contributed by atoms with Crippen molar-refractivity contribution in [2.75, 3.05) is 0 Å². The van der Waals surface area contributed by atoms with Crippen molar-refractivity contribution >= 4 is 34.0 Å². The van der Waals surface area contributed by atoms with Gasteiger partial charge in [-0.2, -0.15) is 0 Å². The molecule has 0 aromatic heterocycles. The lowest BCUT2D eigenvalue weighted by Gasteiger charge is -2.37. The van der Waals surface area contributed by atoms with Crippen LogP contribution in [0, 0.1) is 6.92 Å². The maximum absolute atomic E-state index is 11.5. The average molecular weight is 365 g/mol. The largest absolute Gasteiger partial charge is 0.543 e. The number of benzene rings is 1. The Balaban J connectivity index is 3.51. The quantitative estimate of drug-likeness (QED) is 0.645. The summed E-state index contributed by atoms with van der Waals surface area (Å²) in [4.78, 5) is 11.2. The number of hydrogen-bond acceptors (Lipinski definition) is 4. The van der Waals surface area contributed by atoms with Gasteiger partial charge in [-0.05, 0) is 42.8 Å². The van der Waals surface area contributed by atoms with E-state index in [1.54, 1.807) is 6.92 Å². The van der Waals surface area contributed by atoms with Crippen LogP contribution in [0.2, 0.25) is 18.1 Å². The van der Waals surface area contributed by atoms with E-state index in [4.69, 9.17) is 15.1 Å². The molecular weight excluding hydrogens is 344 g/mol. The SMILES string of the molecule is Cc1cc(O[Si](C)(C)C(C)(C)C)c(C(=O)O)cc1S(=O)(=O)Cl. The predicted octanol–water partition coefficient (Wildman–Crippen LogP) is 4.00. The summed E-state index contributed by atoms with van der Waals surface area (Å²) in [5, 5.41) is 9.23. The van der Waals surface area contributed by atoms with Crippen molar-refractivity contribution < 1.29 is 22.7 Å². The molecule has 1 N–H and O–H groups in total. The third kappa shape index (κ3) is 4.02. The highest BCUT2D eigenvalue weighted by molar-refractivity contribution is 8.13. The summed E-state index contributed by atoms with van der Waals surface area (Å²) in [6.45, 7) is 11.6. The van der Waals surface area contributed by atoms with Gasteiger partial charge in [-0.3, -0.25) is 0 Å². The Labute approximate surface area is 136 Å². The van der Waals surface area contributed by atoms with Crippen molar-refractivity contribution in [2.24, 2.45) is 0 Å². The lowest BCUT2D eigenvalue weighted by Crippen LogP contribution is -2.44. The number of carboxylic acid groups (broad SMARTS) is 1. The molecule has 22 heavy (non-hydrogen) atoms. The second-order valence-corrected chi connectivity index (χ2v) is 14.0. The highest BCUT2D eigenvalue weighted by Crippen LogP contribution is 2.39. The van der Waals surface area contributed by atoms with Crippen molar-refractivity contribution in [3.8, 4) is 5.75 Å². The third-order valence-corrected chi connectivity index (χ3v) is 9.75. The molecule has 1 aromatic carbocycles. The average Bonchev–Trinajstić information content (AvgIpc) is 2.24. The van der Waals surface area contributed by atoms with Crippen LogP contribution in [0.3, 0.4) is 0 Å². The Morgan fingerprint density at radius 3 is 2.14 bits per heavy atom. The Hall–Kier alpha value is -1.05. The molecule has 0 aliphatic rings. The van der Waals surface area contributed by atoms with Gasteiger partial charge in [0.2, 0.25) is 0 Å². The molecule has 0 fully saturated rings. The van der Waals surface area contributed by atoms with E-state index in [2.05, 4.69) is 0 Å². The highest BCUT2D eigenvalue weighted by atomic mass is 35.7. The lowest BCUT2D eigenvalue weighted by atomic mass is 10.1. The molecule has 0 spiro atoms. The number of carbonyl (C=O) groups is 1. The van der Waals surface area contributed by atoms with Gasteiger partial charge < -0.3 is 9.53 Å². The first-order chi connectivity index (χ1) is 9.67. The smallest absolute Gasteiger partial charge is 0.339 e. The van der Waals surface area contributed by atoms with E-state index in [1.165, 1.54) is 6.07 Å². The fourth-order valence-corrected chi connectivity index (χ4v) is 3.83. The standard InChI is InChI=1S/C14H21ClO5SSi/c1-9-7-11(20-22(5,6)14(2,3)4)10(13(16)17)8-12(9)21(15,18)19/h7-8H,1-6H3,(H,16,17). The summed E-state index contributed by atoms with van der Waals surface area (Å²) in [6, 6.07) is 2.49. The molecule has 0 radical (unpaired) electrons. The summed E-state index contributed by atoms with van der Waals surface area (Å²) < 4.78 is 29.1. The number of halogens is 1.